The van der Waals surface area contributed by atoms with Crippen molar-refractivity contribution in [2.24, 2.45) is 11.8 Å². The molecule has 1 atom stereocenters. The van der Waals surface area contributed by atoms with E-state index in [-0.39, 0.29) is 11.7 Å². The topological polar surface area (TPSA) is 32.9 Å². The summed E-state index contributed by atoms with van der Waals surface area (Å²) < 4.78 is 0.996. The van der Waals surface area contributed by atoms with E-state index in [0.29, 0.717) is 5.92 Å². The molecular weight excluding hydrogens is 278 g/mol. The van der Waals surface area contributed by atoms with Crippen LogP contribution in [0.15, 0.2) is 28.9 Å². The van der Waals surface area contributed by atoms with Gasteiger partial charge in [-0.2, -0.15) is 0 Å². The Hall–Kier alpha value is -1.09. The van der Waals surface area contributed by atoms with Gasteiger partial charge in [-0.1, -0.05) is 36.7 Å². The van der Waals surface area contributed by atoms with Gasteiger partial charge < -0.3 is 4.98 Å². The first-order valence-corrected chi connectivity index (χ1v) is 6.61. The van der Waals surface area contributed by atoms with E-state index in [1.165, 1.54) is 0 Å². The molecule has 0 spiro atoms. The maximum atomic E-state index is 12.3. The van der Waals surface area contributed by atoms with E-state index in [4.69, 9.17) is 0 Å². The summed E-state index contributed by atoms with van der Waals surface area (Å²) in [5.41, 5.74) is 1.80. The summed E-state index contributed by atoms with van der Waals surface area (Å²) in [6.45, 7) is 6.14. The van der Waals surface area contributed by atoms with Gasteiger partial charge in [-0.15, -0.1) is 0 Å². The zero-order valence-corrected chi connectivity index (χ0v) is 11.8. The molecule has 0 amide bonds. The number of aromatic nitrogens is 1. The second-order valence-corrected chi connectivity index (χ2v) is 5.70. The van der Waals surface area contributed by atoms with E-state index in [9.17, 15) is 4.79 Å². The first kappa shape index (κ1) is 12.4. The van der Waals surface area contributed by atoms with Gasteiger partial charge in [0, 0.05) is 33.1 Å². The summed E-state index contributed by atoms with van der Waals surface area (Å²) in [5, 5.41) is 0.997. The Bertz CT molecular complexity index is 556. The van der Waals surface area contributed by atoms with Crippen molar-refractivity contribution < 1.29 is 4.79 Å². The number of hydrogen-bond donors (Lipinski definition) is 1. The molecule has 17 heavy (non-hydrogen) atoms. The highest BCUT2D eigenvalue weighted by Gasteiger charge is 2.21. The maximum Gasteiger partial charge on any atom is 0.168 e. The van der Waals surface area contributed by atoms with E-state index in [2.05, 4.69) is 34.8 Å². The predicted octanol–water partition coefficient (Wildman–Crippen LogP) is 4.41. The lowest BCUT2D eigenvalue weighted by atomic mass is 9.90. The molecule has 0 saturated carbocycles. The number of benzene rings is 1. The largest absolute Gasteiger partial charge is 0.360 e. The smallest absolute Gasteiger partial charge is 0.168 e. The molecule has 2 rings (SSSR count). The van der Waals surface area contributed by atoms with Gasteiger partial charge in [-0.3, -0.25) is 4.79 Å². The molecule has 1 unspecified atom stereocenters. The molecule has 3 heteroatoms. The molecule has 90 valence electrons. The van der Waals surface area contributed by atoms with Crippen molar-refractivity contribution in [3.8, 4) is 0 Å². The summed E-state index contributed by atoms with van der Waals surface area (Å²) in [6.07, 6.45) is 1.82. The lowest BCUT2D eigenvalue weighted by Crippen LogP contribution is -2.16. The van der Waals surface area contributed by atoms with Crippen LogP contribution in [-0.2, 0) is 0 Å². The van der Waals surface area contributed by atoms with Gasteiger partial charge in [0.05, 0.1) is 0 Å². The molecule has 1 aromatic carbocycles. The quantitative estimate of drug-likeness (QED) is 0.836. The number of ketones is 1. The van der Waals surface area contributed by atoms with Crippen molar-refractivity contribution in [1.29, 1.82) is 0 Å². The molecule has 0 aliphatic carbocycles. The molecule has 0 aliphatic heterocycles. The molecule has 2 aromatic rings. The number of halogens is 1. The Balaban J connectivity index is 2.49. The number of Topliss-reactive ketones (excluding diaryl/α,β-unsaturated/α-hetero) is 1. The SMILES string of the molecule is CC(C)C(C)C(=O)c1c[nH]c2ccc(Br)cc12. The predicted molar refractivity (Wildman–Crippen MR) is 74.3 cm³/mol. The first-order chi connectivity index (χ1) is 8.00. The fourth-order valence-corrected chi connectivity index (χ4v) is 2.21. The molecule has 0 saturated heterocycles. The van der Waals surface area contributed by atoms with Crippen LogP contribution in [0.4, 0.5) is 0 Å². The van der Waals surface area contributed by atoms with Crippen LogP contribution in [-0.4, -0.2) is 10.8 Å². The number of carbonyl (C=O) groups excluding carboxylic acids is 1. The zero-order chi connectivity index (χ0) is 12.6. The van der Waals surface area contributed by atoms with Crippen LogP contribution in [0.2, 0.25) is 0 Å². The van der Waals surface area contributed by atoms with Gasteiger partial charge in [0.15, 0.2) is 5.78 Å². The average Bonchev–Trinajstić information content (AvgIpc) is 2.69. The van der Waals surface area contributed by atoms with Crippen molar-refractivity contribution in [3.63, 3.8) is 0 Å². The molecule has 0 fully saturated rings. The zero-order valence-electron chi connectivity index (χ0n) is 10.3. The van der Waals surface area contributed by atoms with Crippen molar-refractivity contribution >= 4 is 32.6 Å². The van der Waals surface area contributed by atoms with Crippen molar-refractivity contribution in [2.45, 2.75) is 20.8 Å². The standard InChI is InChI=1S/C14H16BrNO/c1-8(2)9(3)14(17)12-7-16-13-5-4-10(15)6-11(12)13/h4-9,16H,1-3H3. The molecule has 1 heterocycles. The fourth-order valence-electron chi connectivity index (χ4n) is 1.84. The highest BCUT2D eigenvalue weighted by Crippen LogP contribution is 2.26. The van der Waals surface area contributed by atoms with Gasteiger partial charge in [0.25, 0.3) is 0 Å². The van der Waals surface area contributed by atoms with Crippen LogP contribution in [0.5, 0.6) is 0 Å². The average molecular weight is 294 g/mol. The number of H-pyrrole nitrogens is 1. The number of fused-ring (bicyclic) bond motifs is 1. The second kappa shape index (κ2) is 4.65. The summed E-state index contributed by atoms with van der Waals surface area (Å²) in [4.78, 5) is 15.5. The Morgan fingerprint density at radius 1 is 1.29 bits per heavy atom. The van der Waals surface area contributed by atoms with E-state index >= 15 is 0 Å². The third kappa shape index (κ3) is 2.29. The summed E-state index contributed by atoms with van der Waals surface area (Å²) in [6, 6.07) is 5.95. The molecule has 1 N–H and O–H groups in total. The summed E-state index contributed by atoms with van der Waals surface area (Å²) in [5.74, 6) is 0.622. The Labute approximate surface area is 110 Å². The van der Waals surface area contributed by atoms with Crippen LogP contribution in [0, 0.1) is 11.8 Å². The number of hydrogen-bond acceptors (Lipinski definition) is 1. The van der Waals surface area contributed by atoms with Crippen LogP contribution in [0.3, 0.4) is 0 Å². The van der Waals surface area contributed by atoms with Gasteiger partial charge >= 0.3 is 0 Å². The van der Waals surface area contributed by atoms with E-state index in [1.807, 2.05) is 31.3 Å². The molecule has 0 bridgehead atoms. The van der Waals surface area contributed by atoms with Gasteiger partial charge in [-0.05, 0) is 24.1 Å². The van der Waals surface area contributed by atoms with E-state index < -0.39 is 0 Å². The minimum absolute atomic E-state index is 0.0491. The van der Waals surface area contributed by atoms with Crippen molar-refractivity contribution in [1.82, 2.24) is 4.98 Å². The normalized spacial score (nSPS) is 13.2. The first-order valence-electron chi connectivity index (χ1n) is 5.81. The van der Waals surface area contributed by atoms with Crippen molar-refractivity contribution in [2.75, 3.05) is 0 Å². The van der Waals surface area contributed by atoms with Gasteiger partial charge in [0.2, 0.25) is 0 Å². The number of nitrogens with one attached hydrogen (secondary N) is 1. The number of carbonyl (C=O) groups is 1. The molecule has 1 aromatic heterocycles. The highest BCUT2D eigenvalue weighted by atomic mass is 79.9. The van der Waals surface area contributed by atoms with E-state index in [1.54, 1.807) is 0 Å². The molecule has 0 radical (unpaired) electrons. The summed E-state index contributed by atoms with van der Waals surface area (Å²) >= 11 is 3.44. The third-order valence-electron chi connectivity index (χ3n) is 3.32. The van der Waals surface area contributed by atoms with Crippen molar-refractivity contribution in [3.05, 3.63) is 34.4 Å². The highest BCUT2D eigenvalue weighted by molar-refractivity contribution is 9.10. The Morgan fingerprint density at radius 3 is 2.65 bits per heavy atom. The lowest BCUT2D eigenvalue weighted by molar-refractivity contribution is 0.0901. The molecule has 0 aliphatic rings. The minimum atomic E-state index is 0.0491. The van der Waals surface area contributed by atoms with E-state index in [0.717, 1.165) is 20.9 Å². The van der Waals surface area contributed by atoms with Gasteiger partial charge in [-0.25, -0.2) is 0 Å². The van der Waals surface area contributed by atoms with Crippen LogP contribution >= 0.6 is 15.9 Å². The minimum Gasteiger partial charge on any atom is -0.360 e. The Kier molecular flexibility index (Phi) is 3.38. The number of rotatable bonds is 3. The summed E-state index contributed by atoms with van der Waals surface area (Å²) in [7, 11) is 0. The monoisotopic (exact) mass is 293 g/mol. The Morgan fingerprint density at radius 2 is 2.00 bits per heavy atom. The third-order valence-corrected chi connectivity index (χ3v) is 3.82. The van der Waals surface area contributed by atoms with Crippen LogP contribution in [0.1, 0.15) is 31.1 Å². The molecule has 2 nitrogen and oxygen atoms in total. The maximum absolute atomic E-state index is 12.3. The van der Waals surface area contributed by atoms with Crippen LogP contribution < -0.4 is 0 Å². The lowest BCUT2D eigenvalue weighted by Gasteiger charge is -2.13. The van der Waals surface area contributed by atoms with Gasteiger partial charge in [0.1, 0.15) is 0 Å². The second-order valence-electron chi connectivity index (χ2n) is 4.79. The van der Waals surface area contributed by atoms with Crippen LogP contribution in [0.25, 0.3) is 10.9 Å². The number of aromatic amines is 1. The fraction of sp³-hybridized carbons (Fsp3) is 0.357. The molecular formula is C14H16BrNO.